The molecule has 1 heteroatoms. The Kier molecular flexibility index (Phi) is 5.00. The van der Waals surface area contributed by atoms with E-state index in [-0.39, 0.29) is 0 Å². The Morgan fingerprint density at radius 2 is 1.33 bits per heavy atom. The first-order valence-corrected chi connectivity index (χ1v) is 7.64. The zero-order valence-corrected chi connectivity index (χ0v) is 11.5. The Bertz CT molecular complexity index is 480. The molecule has 0 amide bonds. The van der Waals surface area contributed by atoms with Gasteiger partial charge in [-0.05, 0) is 17.0 Å². The van der Waals surface area contributed by atoms with Crippen molar-refractivity contribution < 1.29 is 0 Å². The summed E-state index contributed by atoms with van der Waals surface area (Å²) in [5.41, 5.74) is 3.47. The van der Waals surface area contributed by atoms with E-state index in [2.05, 4.69) is 79.2 Å². The van der Waals surface area contributed by atoms with E-state index in [0.29, 0.717) is 0 Å². The van der Waals surface area contributed by atoms with E-state index in [0.717, 1.165) is 12.8 Å². The maximum absolute atomic E-state index is 3.47. The second-order valence-corrected chi connectivity index (χ2v) is 5.97. The van der Waals surface area contributed by atoms with Crippen molar-refractivity contribution in [2.24, 2.45) is 0 Å². The van der Waals surface area contributed by atoms with Gasteiger partial charge in [-0.3, -0.25) is 0 Å². The quantitative estimate of drug-likeness (QED) is 0.574. The van der Waals surface area contributed by atoms with E-state index in [1.165, 1.54) is 10.6 Å². The number of hydrogen-bond acceptors (Lipinski definition) is 0. The molecule has 2 aromatic carbocycles. The maximum atomic E-state index is 3.47. The van der Waals surface area contributed by atoms with Gasteiger partial charge in [0.1, 0.15) is 0 Å². The molecule has 2 rings (SSSR count). The van der Waals surface area contributed by atoms with E-state index in [9.17, 15) is 0 Å². The Balaban J connectivity index is 2.33. The molecule has 0 aliphatic carbocycles. The first-order valence-electron chi connectivity index (χ1n) is 6.30. The van der Waals surface area contributed by atoms with Crippen LogP contribution in [0.2, 0.25) is 0 Å². The molecule has 0 heterocycles. The first kappa shape index (κ1) is 12.9. The Labute approximate surface area is 111 Å². The molecule has 0 aromatic heterocycles. The van der Waals surface area contributed by atoms with Gasteiger partial charge in [0.05, 0.1) is 0 Å². The van der Waals surface area contributed by atoms with Crippen LogP contribution >= 0.6 is 7.92 Å². The van der Waals surface area contributed by atoms with Crippen LogP contribution in [0.15, 0.2) is 60.7 Å². The summed E-state index contributed by atoms with van der Waals surface area (Å²) in [7, 11) is -0.524. The number of unbranched alkanes of at least 4 members (excludes halogenated alkanes) is 1. The highest BCUT2D eigenvalue weighted by atomic mass is 31.1. The predicted octanol–water partition coefficient (Wildman–Crippen LogP) is 3.88. The summed E-state index contributed by atoms with van der Waals surface area (Å²) < 4.78 is 0. The fourth-order valence-electron chi connectivity index (χ4n) is 1.69. The molecule has 0 spiro atoms. The van der Waals surface area contributed by atoms with E-state index in [4.69, 9.17) is 0 Å². The average molecular weight is 252 g/mol. The molecule has 0 nitrogen and oxygen atoms in total. The molecular weight excluding hydrogens is 235 g/mol. The molecule has 0 unspecified atom stereocenters. The molecule has 0 bridgehead atoms. The third kappa shape index (κ3) is 3.46. The van der Waals surface area contributed by atoms with Crippen molar-refractivity contribution in [3.63, 3.8) is 0 Å². The van der Waals surface area contributed by atoms with Gasteiger partial charge < -0.3 is 0 Å². The minimum absolute atomic E-state index is 0.524. The maximum Gasteiger partial charge on any atom is 0.0344 e. The van der Waals surface area contributed by atoms with Crippen molar-refractivity contribution in [2.75, 3.05) is 0 Å². The van der Waals surface area contributed by atoms with Crippen molar-refractivity contribution in [2.45, 2.75) is 19.8 Å². The van der Waals surface area contributed by atoms with E-state index < -0.39 is 7.92 Å². The normalized spacial score (nSPS) is 9.89. The third-order valence-electron chi connectivity index (χ3n) is 2.59. The molecule has 2 aromatic rings. The highest BCUT2D eigenvalue weighted by Crippen LogP contribution is 2.31. The molecule has 0 radical (unpaired) electrons. The molecule has 0 N–H and O–H groups in total. The fourth-order valence-corrected chi connectivity index (χ4v) is 3.46. The lowest BCUT2D eigenvalue weighted by Gasteiger charge is -2.11. The van der Waals surface area contributed by atoms with Gasteiger partial charge >= 0.3 is 0 Å². The fraction of sp³-hybridized carbons (Fsp3) is 0.176. The standard InChI is InChI=1S/C17H17P/c1-2-3-10-15-18(16-11-6-4-7-12-16)17-13-8-5-9-14-17/h4-9,11-14H,2-3H2,1H3. The third-order valence-corrected chi connectivity index (χ3v) is 4.61. The van der Waals surface area contributed by atoms with Gasteiger partial charge in [-0.1, -0.05) is 79.2 Å². The number of benzene rings is 2. The molecule has 0 aliphatic rings. The molecule has 90 valence electrons. The summed E-state index contributed by atoms with van der Waals surface area (Å²) in [5.74, 6) is 3.31. The SMILES string of the molecule is CCCC#CP(c1ccccc1)c1ccccc1. The van der Waals surface area contributed by atoms with Crippen molar-refractivity contribution in [3.8, 4) is 11.6 Å². The van der Waals surface area contributed by atoms with Crippen LogP contribution in [0.4, 0.5) is 0 Å². The Morgan fingerprint density at radius 1 is 0.833 bits per heavy atom. The van der Waals surface area contributed by atoms with Crippen LogP contribution in [0.5, 0.6) is 0 Å². The molecule has 0 saturated heterocycles. The molecule has 18 heavy (non-hydrogen) atoms. The largest absolute Gasteiger partial charge is 0.0980 e. The van der Waals surface area contributed by atoms with Gasteiger partial charge in [0.15, 0.2) is 0 Å². The second kappa shape index (κ2) is 7.00. The number of hydrogen-bond donors (Lipinski definition) is 0. The topological polar surface area (TPSA) is 0 Å². The van der Waals surface area contributed by atoms with E-state index >= 15 is 0 Å². The van der Waals surface area contributed by atoms with Gasteiger partial charge in [-0.2, -0.15) is 0 Å². The first-order chi connectivity index (χ1) is 8.92. The van der Waals surface area contributed by atoms with Crippen molar-refractivity contribution in [3.05, 3.63) is 60.7 Å². The van der Waals surface area contributed by atoms with Gasteiger partial charge in [0.2, 0.25) is 0 Å². The van der Waals surface area contributed by atoms with Gasteiger partial charge in [-0.25, -0.2) is 0 Å². The molecular formula is C17H17P. The lowest BCUT2D eigenvalue weighted by molar-refractivity contribution is 0.984. The van der Waals surface area contributed by atoms with Gasteiger partial charge in [-0.15, -0.1) is 0 Å². The van der Waals surface area contributed by atoms with Crippen LogP contribution in [-0.4, -0.2) is 0 Å². The summed E-state index contributed by atoms with van der Waals surface area (Å²) >= 11 is 0. The molecule has 0 aliphatic heterocycles. The minimum Gasteiger partial charge on any atom is -0.0980 e. The zero-order valence-electron chi connectivity index (χ0n) is 10.6. The zero-order chi connectivity index (χ0) is 12.6. The van der Waals surface area contributed by atoms with Gasteiger partial charge in [0, 0.05) is 14.3 Å². The highest BCUT2D eigenvalue weighted by Gasteiger charge is 2.09. The summed E-state index contributed by atoms with van der Waals surface area (Å²) in [6.07, 6.45) is 2.11. The highest BCUT2D eigenvalue weighted by molar-refractivity contribution is 7.77. The van der Waals surface area contributed by atoms with Crippen LogP contribution in [0.25, 0.3) is 0 Å². The van der Waals surface area contributed by atoms with Gasteiger partial charge in [0.25, 0.3) is 0 Å². The summed E-state index contributed by atoms with van der Waals surface area (Å²) in [6, 6.07) is 21.2. The second-order valence-electron chi connectivity index (χ2n) is 4.05. The minimum atomic E-state index is -0.524. The van der Waals surface area contributed by atoms with Crippen LogP contribution < -0.4 is 10.6 Å². The van der Waals surface area contributed by atoms with Crippen LogP contribution in [0.3, 0.4) is 0 Å². The van der Waals surface area contributed by atoms with E-state index in [1.54, 1.807) is 0 Å². The van der Waals surface area contributed by atoms with Crippen molar-refractivity contribution >= 4 is 18.5 Å². The van der Waals surface area contributed by atoms with Crippen LogP contribution in [-0.2, 0) is 0 Å². The summed E-state index contributed by atoms with van der Waals surface area (Å²) in [6.45, 7) is 2.17. The van der Waals surface area contributed by atoms with Crippen molar-refractivity contribution in [1.82, 2.24) is 0 Å². The molecule has 0 atom stereocenters. The predicted molar refractivity (Wildman–Crippen MR) is 81.8 cm³/mol. The monoisotopic (exact) mass is 252 g/mol. The summed E-state index contributed by atoms with van der Waals surface area (Å²) in [5, 5.41) is 2.67. The molecule has 0 fully saturated rings. The lowest BCUT2D eigenvalue weighted by atomic mass is 10.4. The molecule has 0 saturated carbocycles. The summed E-state index contributed by atoms with van der Waals surface area (Å²) in [4.78, 5) is 0. The lowest BCUT2D eigenvalue weighted by Crippen LogP contribution is -2.09. The van der Waals surface area contributed by atoms with Crippen molar-refractivity contribution in [1.29, 1.82) is 0 Å². The average Bonchev–Trinajstić information content (AvgIpc) is 2.46. The Morgan fingerprint density at radius 3 is 1.78 bits per heavy atom. The Hall–Kier alpha value is -1.57. The van der Waals surface area contributed by atoms with E-state index in [1.807, 2.05) is 0 Å². The smallest absolute Gasteiger partial charge is 0.0344 e. The number of rotatable bonds is 3. The van der Waals surface area contributed by atoms with Crippen LogP contribution in [0, 0.1) is 11.6 Å². The van der Waals surface area contributed by atoms with Crippen LogP contribution in [0.1, 0.15) is 19.8 Å².